The third-order valence-corrected chi connectivity index (χ3v) is 3.63. The summed E-state index contributed by atoms with van der Waals surface area (Å²) >= 11 is 0. The quantitative estimate of drug-likeness (QED) is 0.882. The fourth-order valence-electron chi connectivity index (χ4n) is 2.37. The zero-order valence-electron chi connectivity index (χ0n) is 11.4. The molecular weight excluding hydrogens is 226 g/mol. The number of nitrogens with zero attached hydrogens (tertiary/aromatic N) is 2. The predicted molar refractivity (Wildman–Crippen MR) is 72.6 cm³/mol. The fourth-order valence-corrected chi connectivity index (χ4v) is 2.37. The summed E-state index contributed by atoms with van der Waals surface area (Å²) in [7, 11) is 2.17. The summed E-state index contributed by atoms with van der Waals surface area (Å²) in [5, 5.41) is 0. The molecule has 1 fully saturated rings. The summed E-state index contributed by atoms with van der Waals surface area (Å²) in [4.78, 5) is 6.81. The molecule has 4 heteroatoms. The van der Waals surface area contributed by atoms with Crippen LogP contribution < -0.4 is 10.5 Å². The van der Waals surface area contributed by atoms with Gasteiger partial charge in [0.05, 0.1) is 0 Å². The number of nitrogens with two attached hydrogens (primary N) is 1. The number of hydrogen-bond acceptors (Lipinski definition) is 4. The first-order chi connectivity index (χ1) is 8.70. The largest absolute Gasteiger partial charge is 0.476 e. The maximum atomic E-state index is 5.89. The highest BCUT2D eigenvalue weighted by Crippen LogP contribution is 2.19. The number of aryl methyl sites for hydroxylation is 1. The van der Waals surface area contributed by atoms with Crippen LogP contribution in [0.1, 0.15) is 30.5 Å². The van der Waals surface area contributed by atoms with Gasteiger partial charge in [0.2, 0.25) is 5.88 Å². The maximum Gasteiger partial charge on any atom is 0.218 e. The van der Waals surface area contributed by atoms with Crippen LogP contribution in [0.15, 0.2) is 12.1 Å². The van der Waals surface area contributed by atoms with Gasteiger partial charge in [-0.15, -0.1) is 0 Å². The molecular formula is C14H23N3O. The van der Waals surface area contributed by atoms with Crippen LogP contribution >= 0.6 is 0 Å². The third-order valence-electron chi connectivity index (χ3n) is 3.63. The van der Waals surface area contributed by atoms with Crippen molar-refractivity contribution in [2.45, 2.75) is 38.8 Å². The number of rotatable bonds is 4. The molecule has 0 radical (unpaired) electrons. The summed E-state index contributed by atoms with van der Waals surface area (Å²) in [5.74, 6) is 0.705. The Morgan fingerprint density at radius 3 is 3.00 bits per heavy atom. The van der Waals surface area contributed by atoms with Gasteiger partial charge in [-0.25, -0.2) is 4.98 Å². The molecule has 1 aliphatic heterocycles. The van der Waals surface area contributed by atoms with E-state index in [1.165, 1.54) is 25.8 Å². The standard InChI is InChI=1S/C14H23N3O/c1-11-6-7-12(9-15)14(16-11)18-10-13-5-3-4-8-17(13)2/h6-7,13H,3-5,8-10,15H2,1-2H3. The minimum absolute atomic E-state index is 0.475. The van der Waals surface area contributed by atoms with E-state index in [0.29, 0.717) is 25.1 Å². The van der Waals surface area contributed by atoms with Crippen molar-refractivity contribution in [3.63, 3.8) is 0 Å². The van der Waals surface area contributed by atoms with Gasteiger partial charge in [-0.2, -0.15) is 0 Å². The van der Waals surface area contributed by atoms with E-state index in [4.69, 9.17) is 10.5 Å². The molecule has 1 atom stereocenters. The van der Waals surface area contributed by atoms with Gasteiger partial charge in [0.25, 0.3) is 0 Å². The van der Waals surface area contributed by atoms with E-state index >= 15 is 0 Å². The molecule has 18 heavy (non-hydrogen) atoms. The van der Waals surface area contributed by atoms with Gasteiger partial charge in [-0.1, -0.05) is 12.5 Å². The van der Waals surface area contributed by atoms with E-state index in [-0.39, 0.29) is 0 Å². The highest BCUT2D eigenvalue weighted by atomic mass is 16.5. The molecule has 2 heterocycles. The average Bonchev–Trinajstić information content (AvgIpc) is 2.38. The second kappa shape index (κ2) is 6.16. The van der Waals surface area contributed by atoms with Gasteiger partial charge in [0.1, 0.15) is 6.61 Å². The molecule has 0 aliphatic carbocycles. The van der Waals surface area contributed by atoms with Crippen molar-refractivity contribution in [1.29, 1.82) is 0 Å². The van der Waals surface area contributed by atoms with Crippen LogP contribution in [0, 0.1) is 6.92 Å². The Bertz CT molecular complexity index is 395. The van der Waals surface area contributed by atoms with Crippen molar-refractivity contribution < 1.29 is 4.74 Å². The molecule has 1 saturated heterocycles. The van der Waals surface area contributed by atoms with Gasteiger partial charge in [-0.3, -0.25) is 0 Å². The molecule has 1 unspecified atom stereocenters. The van der Waals surface area contributed by atoms with Gasteiger partial charge >= 0.3 is 0 Å². The summed E-state index contributed by atoms with van der Waals surface area (Å²) in [5.41, 5.74) is 7.66. The molecule has 100 valence electrons. The summed E-state index contributed by atoms with van der Waals surface area (Å²) in [6.45, 7) is 4.32. The molecule has 4 nitrogen and oxygen atoms in total. The summed E-state index contributed by atoms with van der Waals surface area (Å²) < 4.78 is 5.89. The first-order valence-electron chi connectivity index (χ1n) is 6.70. The Kier molecular flexibility index (Phi) is 4.55. The van der Waals surface area contributed by atoms with Crippen LogP contribution in [0.4, 0.5) is 0 Å². The first-order valence-corrected chi connectivity index (χ1v) is 6.70. The van der Waals surface area contributed by atoms with Crippen molar-refractivity contribution in [1.82, 2.24) is 9.88 Å². The van der Waals surface area contributed by atoms with E-state index in [1.807, 2.05) is 19.1 Å². The van der Waals surface area contributed by atoms with Crippen molar-refractivity contribution in [3.05, 3.63) is 23.4 Å². The van der Waals surface area contributed by atoms with E-state index in [9.17, 15) is 0 Å². The molecule has 0 bridgehead atoms. The molecule has 0 spiro atoms. The Morgan fingerprint density at radius 2 is 2.28 bits per heavy atom. The summed E-state index contributed by atoms with van der Waals surface area (Å²) in [6.07, 6.45) is 3.80. The van der Waals surface area contributed by atoms with Gasteiger partial charge < -0.3 is 15.4 Å². The zero-order chi connectivity index (χ0) is 13.0. The zero-order valence-corrected chi connectivity index (χ0v) is 11.4. The summed E-state index contributed by atoms with van der Waals surface area (Å²) in [6, 6.07) is 4.48. The van der Waals surface area contributed by atoms with Crippen LogP contribution in [0.25, 0.3) is 0 Å². The molecule has 0 aromatic carbocycles. The highest BCUT2D eigenvalue weighted by Gasteiger charge is 2.20. The van der Waals surface area contributed by atoms with Gasteiger partial charge in [0, 0.05) is 23.8 Å². The van der Waals surface area contributed by atoms with E-state index in [1.54, 1.807) is 0 Å². The van der Waals surface area contributed by atoms with Crippen molar-refractivity contribution in [2.75, 3.05) is 20.2 Å². The van der Waals surface area contributed by atoms with Crippen LogP contribution in [0.5, 0.6) is 5.88 Å². The van der Waals surface area contributed by atoms with Crippen molar-refractivity contribution in [2.24, 2.45) is 5.73 Å². The molecule has 2 rings (SSSR count). The number of aromatic nitrogens is 1. The number of ether oxygens (including phenoxy) is 1. The fraction of sp³-hybridized carbons (Fsp3) is 0.643. The Balaban J connectivity index is 1.98. The molecule has 0 saturated carbocycles. The number of likely N-dealkylation sites (tertiary alicyclic amines) is 1. The molecule has 1 aromatic rings. The lowest BCUT2D eigenvalue weighted by Gasteiger charge is -2.32. The van der Waals surface area contributed by atoms with Crippen LogP contribution in [0.2, 0.25) is 0 Å². The van der Waals surface area contributed by atoms with E-state index < -0.39 is 0 Å². The maximum absolute atomic E-state index is 5.89. The minimum Gasteiger partial charge on any atom is -0.476 e. The number of piperidine rings is 1. The van der Waals surface area contributed by atoms with Crippen LogP contribution in [0.3, 0.4) is 0 Å². The Morgan fingerprint density at radius 1 is 1.44 bits per heavy atom. The number of pyridine rings is 1. The van der Waals surface area contributed by atoms with Crippen LogP contribution in [-0.2, 0) is 6.54 Å². The predicted octanol–water partition coefficient (Wildman–Crippen LogP) is 1.71. The van der Waals surface area contributed by atoms with Crippen molar-refractivity contribution >= 4 is 0 Å². The Hall–Kier alpha value is -1.13. The normalized spacial score (nSPS) is 20.9. The lowest BCUT2D eigenvalue weighted by atomic mass is 10.0. The molecule has 0 amide bonds. The minimum atomic E-state index is 0.475. The van der Waals surface area contributed by atoms with Crippen LogP contribution in [-0.4, -0.2) is 36.1 Å². The monoisotopic (exact) mass is 249 g/mol. The lowest BCUT2D eigenvalue weighted by Crippen LogP contribution is -2.40. The average molecular weight is 249 g/mol. The van der Waals surface area contributed by atoms with Crippen molar-refractivity contribution in [3.8, 4) is 5.88 Å². The molecule has 1 aromatic heterocycles. The third kappa shape index (κ3) is 3.21. The lowest BCUT2D eigenvalue weighted by molar-refractivity contribution is 0.122. The number of likely N-dealkylation sites (N-methyl/N-ethyl adjacent to an activating group) is 1. The highest BCUT2D eigenvalue weighted by molar-refractivity contribution is 5.27. The number of hydrogen-bond donors (Lipinski definition) is 1. The second-order valence-electron chi connectivity index (χ2n) is 5.06. The molecule has 1 aliphatic rings. The van der Waals surface area contributed by atoms with Gasteiger partial charge in [-0.05, 0) is 39.4 Å². The Labute approximate surface area is 109 Å². The smallest absolute Gasteiger partial charge is 0.218 e. The van der Waals surface area contributed by atoms with E-state index in [2.05, 4.69) is 16.9 Å². The topological polar surface area (TPSA) is 51.4 Å². The van der Waals surface area contributed by atoms with E-state index in [0.717, 1.165) is 11.3 Å². The SMILES string of the molecule is Cc1ccc(CN)c(OCC2CCCCN2C)n1. The van der Waals surface area contributed by atoms with Gasteiger partial charge in [0.15, 0.2) is 0 Å². The molecule has 2 N–H and O–H groups in total. The first kappa shape index (κ1) is 13.3. The second-order valence-corrected chi connectivity index (χ2v) is 5.06.